The highest BCUT2D eigenvalue weighted by Crippen LogP contribution is 2.34. The largest absolute Gasteiger partial charge is 0.465 e. The van der Waals surface area contributed by atoms with Crippen molar-refractivity contribution in [3.63, 3.8) is 0 Å². The van der Waals surface area contributed by atoms with Gasteiger partial charge in [0.1, 0.15) is 11.8 Å². The fraction of sp³-hybridized carbons (Fsp3) is 0.857. The van der Waals surface area contributed by atoms with Gasteiger partial charge in [0.25, 0.3) is 0 Å². The van der Waals surface area contributed by atoms with Crippen LogP contribution in [0.5, 0.6) is 0 Å². The zero-order valence-electron chi connectivity index (χ0n) is 11.4. The van der Waals surface area contributed by atoms with Gasteiger partial charge in [-0.15, -0.1) is 0 Å². The lowest BCUT2D eigenvalue weighted by Gasteiger charge is -2.30. The van der Waals surface area contributed by atoms with Crippen LogP contribution < -0.4 is 0 Å². The first-order valence-electron chi connectivity index (χ1n) is 7.10. The van der Waals surface area contributed by atoms with Crippen LogP contribution in [0.25, 0.3) is 0 Å². The highest BCUT2D eigenvalue weighted by molar-refractivity contribution is 5.82. The number of nitrogens with zero attached hydrogens (tertiary/aromatic N) is 1. The van der Waals surface area contributed by atoms with Gasteiger partial charge in [-0.1, -0.05) is 6.42 Å². The molecular formula is C14H23NO3. The average Bonchev–Trinajstić information content (AvgIpc) is 2.69. The maximum absolute atomic E-state index is 12.0. The zero-order chi connectivity index (χ0) is 13.1. The van der Waals surface area contributed by atoms with E-state index in [4.69, 9.17) is 4.74 Å². The molecule has 0 unspecified atom stereocenters. The van der Waals surface area contributed by atoms with E-state index in [0.717, 1.165) is 38.6 Å². The van der Waals surface area contributed by atoms with Crippen molar-refractivity contribution < 1.29 is 14.3 Å². The summed E-state index contributed by atoms with van der Waals surface area (Å²) in [5, 5.41) is 0. The monoisotopic (exact) mass is 253 g/mol. The first kappa shape index (κ1) is 13.5. The van der Waals surface area contributed by atoms with Gasteiger partial charge in [-0.3, -0.25) is 14.5 Å². The minimum atomic E-state index is -0.217. The van der Waals surface area contributed by atoms with Gasteiger partial charge in [-0.05, 0) is 33.1 Å². The van der Waals surface area contributed by atoms with E-state index >= 15 is 0 Å². The number of likely N-dealkylation sites (tertiary alicyclic amines) is 1. The number of ketones is 1. The van der Waals surface area contributed by atoms with Gasteiger partial charge < -0.3 is 4.74 Å². The molecule has 1 saturated heterocycles. The maximum atomic E-state index is 12.0. The predicted molar refractivity (Wildman–Crippen MR) is 68.2 cm³/mol. The quantitative estimate of drug-likeness (QED) is 0.719. The van der Waals surface area contributed by atoms with Crippen molar-refractivity contribution >= 4 is 11.8 Å². The molecule has 4 nitrogen and oxygen atoms in total. The molecule has 3 atom stereocenters. The molecule has 2 aliphatic rings. The summed E-state index contributed by atoms with van der Waals surface area (Å²) in [6.45, 7) is 4.99. The van der Waals surface area contributed by atoms with Crippen molar-refractivity contribution in [2.45, 2.75) is 58.0 Å². The van der Waals surface area contributed by atoms with E-state index in [1.165, 1.54) is 0 Å². The van der Waals surface area contributed by atoms with E-state index in [-0.39, 0.29) is 24.0 Å². The van der Waals surface area contributed by atoms with Crippen LogP contribution in [0.3, 0.4) is 0 Å². The van der Waals surface area contributed by atoms with Crippen LogP contribution in [0, 0.1) is 5.92 Å². The molecule has 0 N–H and O–H groups in total. The third kappa shape index (κ3) is 2.58. The van der Waals surface area contributed by atoms with Gasteiger partial charge in [-0.25, -0.2) is 0 Å². The summed E-state index contributed by atoms with van der Waals surface area (Å²) in [5.41, 5.74) is 0. The standard InChI is InChI=1S/C14H23NO3/c1-3-18-14(17)10(2)15-9-8-11-12(15)6-4-5-7-13(11)16/h10-12H,3-9H2,1-2H3/t10-,11+,12-/m0/s1. The van der Waals surface area contributed by atoms with Crippen LogP contribution in [0.1, 0.15) is 46.0 Å². The Morgan fingerprint density at radius 2 is 2.22 bits per heavy atom. The summed E-state index contributed by atoms with van der Waals surface area (Å²) in [7, 11) is 0. The van der Waals surface area contributed by atoms with Crippen molar-refractivity contribution in [2.75, 3.05) is 13.2 Å². The van der Waals surface area contributed by atoms with E-state index in [9.17, 15) is 9.59 Å². The number of Topliss-reactive ketones (excluding diaryl/α,β-unsaturated/α-hetero) is 1. The third-order valence-electron chi connectivity index (χ3n) is 4.30. The number of fused-ring (bicyclic) bond motifs is 1. The maximum Gasteiger partial charge on any atom is 0.323 e. The van der Waals surface area contributed by atoms with Crippen LogP contribution >= 0.6 is 0 Å². The van der Waals surface area contributed by atoms with E-state index in [2.05, 4.69) is 4.90 Å². The van der Waals surface area contributed by atoms with Crippen molar-refractivity contribution in [1.29, 1.82) is 0 Å². The third-order valence-corrected chi connectivity index (χ3v) is 4.30. The SMILES string of the molecule is CCOC(=O)[C@H](C)N1CC[C@H]2C(=O)CCCC[C@@H]21. The number of esters is 1. The summed E-state index contributed by atoms with van der Waals surface area (Å²) in [5.74, 6) is 0.398. The molecule has 0 aromatic carbocycles. The molecule has 1 saturated carbocycles. The summed E-state index contributed by atoms with van der Waals surface area (Å²) in [4.78, 5) is 26.0. The van der Waals surface area contributed by atoms with Crippen LogP contribution in [0.2, 0.25) is 0 Å². The second-order valence-corrected chi connectivity index (χ2v) is 5.34. The van der Waals surface area contributed by atoms with Gasteiger partial charge in [0.15, 0.2) is 0 Å². The summed E-state index contributed by atoms with van der Waals surface area (Å²) in [6.07, 6.45) is 4.78. The number of ether oxygens (including phenoxy) is 1. The first-order chi connectivity index (χ1) is 8.65. The van der Waals surface area contributed by atoms with Gasteiger partial charge >= 0.3 is 5.97 Å². The van der Waals surface area contributed by atoms with Gasteiger partial charge in [0, 0.05) is 24.9 Å². The highest BCUT2D eigenvalue weighted by atomic mass is 16.5. The molecule has 0 radical (unpaired) electrons. The molecule has 1 heterocycles. The number of carbonyl (C=O) groups is 2. The number of rotatable bonds is 3. The second-order valence-electron chi connectivity index (χ2n) is 5.34. The minimum absolute atomic E-state index is 0.157. The number of hydrogen-bond donors (Lipinski definition) is 0. The van der Waals surface area contributed by atoms with E-state index in [1.807, 2.05) is 13.8 Å². The van der Waals surface area contributed by atoms with Crippen molar-refractivity contribution in [1.82, 2.24) is 4.90 Å². The number of hydrogen-bond acceptors (Lipinski definition) is 4. The molecule has 0 amide bonds. The number of carbonyl (C=O) groups excluding carboxylic acids is 2. The minimum Gasteiger partial charge on any atom is -0.465 e. The first-order valence-corrected chi connectivity index (χ1v) is 7.10. The summed E-state index contributed by atoms with van der Waals surface area (Å²) in [6, 6.07) is 0.0465. The van der Waals surface area contributed by atoms with Gasteiger partial charge in [0.2, 0.25) is 0 Å². The van der Waals surface area contributed by atoms with E-state index in [0.29, 0.717) is 12.4 Å². The Morgan fingerprint density at radius 1 is 1.44 bits per heavy atom. The smallest absolute Gasteiger partial charge is 0.323 e. The Morgan fingerprint density at radius 3 is 2.94 bits per heavy atom. The predicted octanol–water partition coefficient (Wildman–Crippen LogP) is 1.77. The Bertz CT molecular complexity index is 329. The van der Waals surface area contributed by atoms with Crippen molar-refractivity contribution in [3.05, 3.63) is 0 Å². The van der Waals surface area contributed by atoms with Crippen LogP contribution in [-0.4, -0.2) is 41.9 Å². The Balaban J connectivity index is 2.06. The molecule has 1 aliphatic heterocycles. The fourth-order valence-corrected chi connectivity index (χ4v) is 3.34. The molecule has 0 aromatic heterocycles. The fourth-order valence-electron chi connectivity index (χ4n) is 3.34. The van der Waals surface area contributed by atoms with Gasteiger partial charge in [-0.2, -0.15) is 0 Å². The molecule has 0 spiro atoms. The highest BCUT2D eigenvalue weighted by Gasteiger charge is 2.42. The summed E-state index contributed by atoms with van der Waals surface area (Å²) >= 11 is 0. The van der Waals surface area contributed by atoms with E-state index < -0.39 is 0 Å². The molecule has 2 fully saturated rings. The molecule has 1 aliphatic carbocycles. The molecule has 0 aromatic rings. The van der Waals surface area contributed by atoms with Gasteiger partial charge in [0.05, 0.1) is 6.61 Å². The molecule has 18 heavy (non-hydrogen) atoms. The lowest BCUT2D eigenvalue weighted by molar-refractivity contribution is -0.149. The average molecular weight is 253 g/mol. The lowest BCUT2D eigenvalue weighted by atomic mass is 9.94. The van der Waals surface area contributed by atoms with Crippen molar-refractivity contribution in [2.24, 2.45) is 5.92 Å². The van der Waals surface area contributed by atoms with Crippen LogP contribution in [0.15, 0.2) is 0 Å². The van der Waals surface area contributed by atoms with E-state index in [1.54, 1.807) is 0 Å². The molecule has 102 valence electrons. The van der Waals surface area contributed by atoms with Crippen molar-refractivity contribution in [3.8, 4) is 0 Å². The van der Waals surface area contributed by atoms with Crippen LogP contribution in [-0.2, 0) is 14.3 Å². The Kier molecular flexibility index (Phi) is 4.38. The Hall–Kier alpha value is -0.900. The topological polar surface area (TPSA) is 46.6 Å². The molecule has 4 heteroatoms. The zero-order valence-corrected chi connectivity index (χ0v) is 11.4. The van der Waals surface area contributed by atoms with Crippen LogP contribution in [0.4, 0.5) is 0 Å². The normalized spacial score (nSPS) is 30.7. The Labute approximate surface area is 109 Å². The molecular weight excluding hydrogens is 230 g/mol. The summed E-state index contributed by atoms with van der Waals surface area (Å²) < 4.78 is 5.09. The molecule has 0 bridgehead atoms. The molecule has 2 rings (SSSR count). The second kappa shape index (κ2) is 5.83. The lowest BCUT2D eigenvalue weighted by Crippen LogP contribution is -2.45.